The minimum Gasteiger partial charge on any atom is -0.0651 e. The molecule has 8 rings (SSSR count). The Kier molecular flexibility index (Phi) is 28.3. The second kappa shape index (κ2) is 29.2. The molecule has 0 heterocycles. The highest BCUT2D eigenvalue weighted by Crippen LogP contribution is 2.44. The van der Waals surface area contributed by atoms with Crippen LogP contribution in [0, 0.1) is 98.1 Å². The topological polar surface area (TPSA) is 0 Å². The van der Waals surface area contributed by atoms with Gasteiger partial charge in [0, 0.05) is 0 Å². The van der Waals surface area contributed by atoms with Crippen molar-refractivity contribution in [3.8, 4) is 0 Å². The highest BCUT2D eigenvalue weighted by Gasteiger charge is 2.32. The molecule has 0 aromatic rings. The molecule has 0 radical (unpaired) electrons. The second-order valence-electron chi connectivity index (χ2n) is 29.0. The van der Waals surface area contributed by atoms with Gasteiger partial charge in [-0.2, -0.15) is 0 Å². The Hall–Kier alpha value is 0. The molecule has 0 aliphatic heterocycles. The molecule has 0 amide bonds. The number of hydrogen-bond donors (Lipinski definition) is 0. The molecule has 8 fully saturated rings. The van der Waals surface area contributed by atoms with E-state index in [2.05, 4.69) is 152 Å². The van der Waals surface area contributed by atoms with Gasteiger partial charge >= 0.3 is 0 Å². The van der Waals surface area contributed by atoms with Gasteiger partial charge in [-0.3, -0.25) is 0 Å². The summed E-state index contributed by atoms with van der Waals surface area (Å²) in [6.07, 6.45) is 36.3. The van der Waals surface area contributed by atoms with Crippen LogP contribution in [0.2, 0.25) is 0 Å². The first-order valence-electron chi connectivity index (χ1n) is 29.5. The van der Waals surface area contributed by atoms with Gasteiger partial charge in [0.25, 0.3) is 0 Å². The van der Waals surface area contributed by atoms with Crippen LogP contribution in [0.4, 0.5) is 0 Å². The van der Waals surface area contributed by atoms with Gasteiger partial charge in [-0.05, 0) is 162 Å². The minimum atomic E-state index is 0.653. The first kappa shape index (κ1) is 62.0. The Balaban J connectivity index is 0.000000366. The smallest absolute Gasteiger partial charge is 0.0328 e. The van der Waals surface area contributed by atoms with Gasteiger partial charge in [0.05, 0.1) is 0 Å². The summed E-state index contributed by atoms with van der Waals surface area (Å²) in [5.41, 5.74) is 3.37. The van der Waals surface area contributed by atoms with Crippen LogP contribution in [0.1, 0.15) is 313 Å². The van der Waals surface area contributed by atoms with Gasteiger partial charge in [-0.15, -0.1) is 0 Å². The second-order valence-corrected chi connectivity index (χ2v) is 29.0. The van der Waals surface area contributed by atoms with Gasteiger partial charge in [-0.25, -0.2) is 0 Å². The monoisotopic (exact) mass is 897 g/mol. The van der Waals surface area contributed by atoms with Crippen LogP contribution in [0.25, 0.3) is 0 Å². The Morgan fingerprint density at radius 2 is 0.766 bits per heavy atom. The summed E-state index contributed by atoms with van der Waals surface area (Å²) in [5, 5.41) is 0. The Bertz CT molecular complexity index is 1080. The highest BCUT2D eigenvalue weighted by molar-refractivity contribution is 4.84. The normalized spacial score (nSPS) is 37.8. The molecule has 0 heteroatoms. The van der Waals surface area contributed by atoms with Gasteiger partial charge < -0.3 is 0 Å². The molecule has 384 valence electrons. The molecule has 0 spiro atoms. The predicted molar refractivity (Wildman–Crippen MR) is 294 cm³/mol. The fourth-order valence-electron chi connectivity index (χ4n) is 13.4. The molecule has 8 saturated carbocycles. The van der Waals surface area contributed by atoms with E-state index in [4.69, 9.17) is 0 Å². The third-order valence-electron chi connectivity index (χ3n) is 20.6. The summed E-state index contributed by atoms with van der Waals surface area (Å²) >= 11 is 0. The standard InChI is InChI=1S/8C8H16/c1-6-4-7(2)8(3)5-6;2*1-7-4-5-8(2,3)6-7;2*1-7-5-4-6-8(7,2)3;1-6-4-5-7(2)8(6)3;1-3-8(2)6-4-5-7-8;1-3-8-6-4-5-7(8)2/h6-8H,4-5H2,1-3H3;4*7H,4-6H2,1-3H3;6-8H,4-5H2,1-3H3;3-7H2,1-2H3;7-8H,3-6H2,1-2H3/t;;;7-;;;;/m...0..../s1. The molecule has 64 heavy (non-hydrogen) atoms. The lowest BCUT2D eigenvalue weighted by atomic mass is 9.83. The summed E-state index contributed by atoms with van der Waals surface area (Å²) in [6.45, 7) is 52.1. The molecule has 0 saturated heterocycles. The third-order valence-corrected chi connectivity index (χ3v) is 20.6. The minimum absolute atomic E-state index is 0.653. The van der Waals surface area contributed by atoms with Crippen molar-refractivity contribution in [1.82, 2.24) is 0 Å². The van der Waals surface area contributed by atoms with E-state index in [1.807, 2.05) is 0 Å². The summed E-state index contributed by atoms with van der Waals surface area (Å²) in [7, 11) is 0. The van der Waals surface area contributed by atoms with E-state index in [0.717, 1.165) is 76.4 Å². The van der Waals surface area contributed by atoms with Crippen molar-refractivity contribution in [3.63, 3.8) is 0 Å². The van der Waals surface area contributed by atoms with E-state index >= 15 is 0 Å². The Labute approximate surface area is 409 Å². The molecule has 0 nitrogen and oxygen atoms in total. The van der Waals surface area contributed by atoms with Gasteiger partial charge in [0.2, 0.25) is 0 Å². The maximum absolute atomic E-state index is 2.42. The molecule has 0 aromatic carbocycles. The lowest BCUT2D eigenvalue weighted by Crippen LogP contribution is -2.13. The molecular formula is C64H128. The summed E-state index contributed by atoms with van der Waals surface area (Å²) < 4.78 is 0. The highest BCUT2D eigenvalue weighted by atomic mass is 14.4. The van der Waals surface area contributed by atoms with Crippen LogP contribution in [-0.2, 0) is 0 Å². The van der Waals surface area contributed by atoms with Crippen LogP contribution in [0.5, 0.6) is 0 Å². The van der Waals surface area contributed by atoms with Gasteiger partial charge in [0.1, 0.15) is 0 Å². The van der Waals surface area contributed by atoms with E-state index in [1.165, 1.54) is 161 Å². The zero-order valence-electron chi connectivity index (χ0n) is 49.1. The van der Waals surface area contributed by atoms with Crippen molar-refractivity contribution >= 4 is 0 Å². The van der Waals surface area contributed by atoms with E-state index in [-0.39, 0.29) is 0 Å². The average Bonchev–Trinajstić information content (AvgIpc) is 4.11. The van der Waals surface area contributed by atoms with E-state index < -0.39 is 0 Å². The zero-order valence-corrected chi connectivity index (χ0v) is 49.1. The predicted octanol–water partition coefficient (Wildman–Crippen LogP) is 22.5. The van der Waals surface area contributed by atoms with Gasteiger partial charge in [-0.1, -0.05) is 249 Å². The van der Waals surface area contributed by atoms with Crippen molar-refractivity contribution in [2.75, 3.05) is 0 Å². The zero-order chi connectivity index (χ0) is 49.1. The molecular weight excluding hydrogens is 769 g/mol. The fraction of sp³-hybridized carbons (Fsp3) is 1.00. The molecule has 9 unspecified atom stereocenters. The Morgan fingerprint density at radius 1 is 0.359 bits per heavy atom. The molecule has 0 N–H and O–H groups in total. The van der Waals surface area contributed by atoms with E-state index in [1.54, 1.807) is 0 Å². The molecule has 0 aromatic heterocycles. The average molecular weight is 898 g/mol. The van der Waals surface area contributed by atoms with Crippen molar-refractivity contribution in [2.45, 2.75) is 313 Å². The number of rotatable bonds is 2. The maximum atomic E-state index is 2.42. The Morgan fingerprint density at radius 3 is 0.891 bits per heavy atom. The van der Waals surface area contributed by atoms with Crippen LogP contribution in [-0.4, -0.2) is 0 Å². The summed E-state index contributed by atoms with van der Waals surface area (Å²) in [5.74, 6) is 11.9. The van der Waals surface area contributed by atoms with Crippen molar-refractivity contribution < 1.29 is 0 Å². The quantitative estimate of drug-likeness (QED) is 0.259. The third kappa shape index (κ3) is 24.5. The lowest BCUT2D eigenvalue weighted by Gasteiger charge is -2.22. The SMILES string of the molecule is CC1CC(C)C(C)C1.CC1CCC(C)(C)C1.CC1CCC(C)(C)C1.CC1CCC(C)C1C.CC1CCCC1(C)C.CCC1(C)CCCC1.CCC1CCCC1C.C[C@H]1CCCC1(C)C. The lowest BCUT2D eigenvalue weighted by molar-refractivity contribution is 0.281. The van der Waals surface area contributed by atoms with Crippen molar-refractivity contribution in [2.24, 2.45) is 98.1 Å². The van der Waals surface area contributed by atoms with E-state index in [9.17, 15) is 0 Å². The van der Waals surface area contributed by atoms with Crippen LogP contribution >= 0.6 is 0 Å². The van der Waals surface area contributed by atoms with Crippen molar-refractivity contribution in [1.29, 1.82) is 0 Å². The molecule has 8 aliphatic rings. The summed E-state index contributed by atoms with van der Waals surface area (Å²) in [6, 6.07) is 0. The van der Waals surface area contributed by atoms with Crippen LogP contribution < -0.4 is 0 Å². The van der Waals surface area contributed by atoms with E-state index in [0.29, 0.717) is 21.7 Å². The number of hydrogen-bond acceptors (Lipinski definition) is 0. The first-order chi connectivity index (χ1) is 29.5. The largest absolute Gasteiger partial charge is 0.0651 e. The van der Waals surface area contributed by atoms with Crippen LogP contribution in [0.15, 0.2) is 0 Å². The fourth-order valence-corrected chi connectivity index (χ4v) is 13.4. The first-order valence-corrected chi connectivity index (χ1v) is 29.5. The van der Waals surface area contributed by atoms with Crippen LogP contribution in [0.3, 0.4) is 0 Å². The maximum Gasteiger partial charge on any atom is -0.0328 e. The summed E-state index contributed by atoms with van der Waals surface area (Å²) in [4.78, 5) is 0. The van der Waals surface area contributed by atoms with Gasteiger partial charge in [0.15, 0.2) is 0 Å². The van der Waals surface area contributed by atoms with Crippen molar-refractivity contribution in [3.05, 3.63) is 0 Å². The molecule has 10 atom stereocenters. The molecule has 8 aliphatic carbocycles. The molecule has 0 bridgehead atoms.